The zero-order valence-electron chi connectivity index (χ0n) is 13.1. The maximum atomic E-state index is 12.2. The fraction of sp³-hybridized carbons (Fsp3) is 0.176. The number of amides is 1. The van der Waals surface area contributed by atoms with Crippen LogP contribution in [-0.4, -0.2) is 20.4 Å². The smallest absolute Gasteiger partial charge is 0.269 e. The largest absolute Gasteiger partial charge is 0.345 e. The van der Waals surface area contributed by atoms with E-state index in [0.717, 1.165) is 23.4 Å². The maximum absolute atomic E-state index is 12.2. The summed E-state index contributed by atoms with van der Waals surface area (Å²) in [4.78, 5) is 26.9. The van der Waals surface area contributed by atoms with E-state index in [-0.39, 0.29) is 11.6 Å². The van der Waals surface area contributed by atoms with Crippen molar-refractivity contribution in [3.8, 4) is 0 Å². The molecule has 1 aromatic heterocycles. The van der Waals surface area contributed by atoms with Gasteiger partial charge in [-0.25, -0.2) is 4.98 Å². The molecule has 0 aliphatic carbocycles. The zero-order valence-corrected chi connectivity index (χ0v) is 13.1. The lowest BCUT2D eigenvalue weighted by atomic mass is 10.2. The van der Waals surface area contributed by atoms with Crippen LogP contribution in [0.2, 0.25) is 0 Å². The standard InChI is InChI=1S/C17H16N4O3/c1-2-20-15-6-4-3-5-14(15)19-16(20)11-18-17(22)12-7-9-13(10-8-12)21(23)24/h3-10H,2,11H2,1H3,(H,18,22). The van der Waals surface area contributed by atoms with Crippen molar-refractivity contribution < 1.29 is 9.72 Å². The van der Waals surface area contributed by atoms with Crippen LogP contribution in [0.3, 0.4) is 0 Å². The van der Waals surface area contributed by atoms with Crippen LogP contribution in [0.4, 0.5) is 5.69 Å². The second-order valence-corrected chi connectivity index (χ2v) is 5.25. The summed E-state index contributed by atoms with van der Waals surface area (Å²) in [6, 6.07) is 13.3. The van der Waals surface area contributed by atoms with Gasteiger partial charge in [0.15, 0.2) is 0 Å². The second kappa shape index (κ2) is 6.49. The van der Waals surface area contributed by atoms with Crippen LogP contribution in [0.5, 0.6) is 0 Å². The highest BCUT2D eigenvalue weighted by molar-refractivity contribution is 5.94. The van der Waals surface area contributed by atoms with Crippen LogP contribution < -0.4 is 5.32 Å². The van der Waals surface area contributed by atoms with Crippen LogP contribution in [-0.2, 0) is 13.1 Å². The van der Waals surface area contributed by atoms with Crippen LogP contribution >= 0.6 is 0 Å². The molecular weight excluding hydrogens is 308 g/mol. The van der Waals surface area contributed by atoms with E-state index in [9.17, 15) is 14.9 Å². The van der Waals surface area contributed by atoms with Gasteiger partial charge in [0.1, 0.15) is 5.82 Å². The van der Waals surface area contributed by atoms with E-state index in [2.05, 4.69) is 10.3 Å². The number of benzene rings is 2. The molecule has 0 bridgehead atoms. The molecule has 0 unspecified atom stereocenters. The molecule has 7 heteroatoms. The Morgan fingerprint density at radius 1 is 1.21 bits per heavy atom. The number of nitro groups is 1. The summed E-state index contributed by atoms with van der Waals surface area (Å²) in [6.07, 6.45) is 0. The number of para-hydroxylation sites is 2. The van der Waals surface area contributed by atoms with Gasteiger partial charge >= 0.3 is 0 Å². The van der Waals surface area contributed by atoms with Crippen LogP contribution in [0.15, 0.2) is 48.5 Å². The van der Waals surface area contributed by atoms with Crippen molar-refractivity contribution in [2.75, 3.05) is 0 Å². The number of nitrogens with one attached hydrogen (secondary N) is 1. The van der Waals surface area contributed by atoms with Gasteiger partial charge in [0.2, 0.25) is 0 Å². The Hall–Kier alpha value is -3.22. The number of hydrogen-bond donors (Lipinski definition) is 1. The molecule has 122 valence electrons. The molecule has 2 aromatic carbocycles. The first kappa shape index (κ1) is 15.7. The molecule has 0 saturated heterocycles. The van der Waals surface area contributed by atoms with Gasteiger partial charge in [-0.1, -0.05) is 12.1 Å². The lowest BCUT2D eigenvalue weighted by Gasteiger charge is -2.07. The molecule has 0 saturated carbocycles. The molecule has 1 heterocycles. The van der Waals surface area contributed by atoms with Gasteiger partial charge in [-0.3, -0.25) is 14.9 Å². The third kappa shape index (κ3) is 2.96. The quantitative estimate of drug-likeness (QED) is 0.577. The average Bonchev–Trinajstić information content (AvgIpc) is 2.97. The monoisotopic (exact) mass is 324 g/mol. The van der Waals surface area contributed by atoms with E-state index >= 15 is 0 Å². The fourth-order valence-corrected chi connectivity index (χ4v) is 2.61. The van der Waals surface area contributed by atoms with Gasteiger partial charge in [0.05, 0.1) is 22.5 Å². The number of imidazole rings is 1. The van der Waals surface area contributed by atoms with E-state index in [0.29, 0.717) is 12.1 Å². The Balaban J connectivity index is 1.75. The Morgan fingerprint density at radius 2 is 1.92 bits per heavy atom. The third-order valence-corrected chi connectivity index (χ3v) is 3.80. The van der Waals surface area contributed by atoms with Gasteiger partial charge in [-0.15, -0.1) is 0 Å². The Labute approximate surface area is 138 Å². The fourth-order valence-electron chi connectivity index (χ4n) is 2.61. The molecule has 0 radical (unpaired) electrons. The predicted molar refractivity (Wildman–Crippen MR) is 89.7 cm³/mol. The topological polar surface area (TPSA) is 90.1 Å². The van der Waals surface area contributed by atoms with Crippen molar-refractivity contribution in [1.29, 1.82) is 0 Å². The summed E-state index contributed by atoms with van der Waals surface area (Å²) in [6.45, 7) is 3.07. The number of aromatic nitrogens is 2. The van der Waals surface area contributed by atoms with Crippen molar-refractivity contribution >= 4 is 22.6 Å². The number of rotatable bonds is 5. The normalized spacial score (nSPS) is 10.7. The summed E-state index contributed by atoms with van der Waals surface area (Å²) < 4.78 is 2.05. The van der Waals surface area contributed by atoms with Crippen molar-refractivity contribution in [2.24, 2.45) is 0 Å². The highest BCUT2D eigenvalue weighted by Crippen LogP contribution is 2.16. The number of non-ortho nitro benzene ring substituents is 1. The highest BCUT2D eigenvalue weighted by Gasteiger charge is 2.12. The second-order valence-electron chi connectivity index (χ2n) is 5.25. The van der Waals surface area contributed by atoms with Gasteiger partial charge in [-0.05, 0) is 31.2 Å². The van der Waals surface area contributed by atoms with Crippen molar-refractivity contribution in [3.63, 3.8) is 0 Å². The molecular formula is C17H16N4O3. The maximum Gasteiger partial charge on any atom is 0.269 e. The summed E-state index contributed by atoms with van der Waals surface area (Å²) in [5.74, 6) is 0.480. The van der Waals surface area contributed by atoms with Crippen molar-refractivity contribution in [1.82, 2.24) is 14.9 Å². The predicted octanol–water partition coefficient (Wildman–Crippen LogP) is 2.89. The molecule has 0 atom stereocenters. The molecule has 0 aliphatic rings. The van der Waals surface area contributed by atoms with E-state index < -0.39 is 4.92 Å². The van der Waals surface area contributed by atoms with Gasteiger partial charge in [0.25, 0.3) is 11.6 Å². The number of nitro benzene ring substituents is 1. The molecule has 0 spiro atoms. The molecule has 7 nitrogen and oxygen atoms in total. The molecule has 1 N–H and O–H groups in total. The van der Waals surface area contributed by atoms with E-state index in [1.54, 1.807) is 0 Å². The summed E-state index contributed by atoms with van der Waals surface area (Å²) in [5.41, 5.74) is 2.25. The van der Waals surface area contributed by atoms with Gasteiger partial charge < -0.3 is 9.88 Å². The number of fused-ring (bicyclic) bond motifs is 1. The SMILES string of the molecule is CCn1c(CNC(=O)c2ccc([N+](=O)[O-])cc2)nc2ccccc21. The molecule has 3 rings (SSSR count). The van der Waals surface area contributed by atoms with Gasteiger partial charge in [0, 0.05) is 24.2 Å². The molecule has 1 amide bonds. The minimum atomic E-state index is -0.495. The first-order valence-corrected chi connectivity index (χ1v) is 7.57. The number of aryl methyl sites for hydroxylation is 1. The van der Waals surface area contributed by atoms with E-state index in [1.165, 1.54) is 24.3 Å². The number of nitrogens with zero attached hydrogens (tertiary/aromatic N) is 3. The van der Waals surface area contributed by atoms with Crippen LogP contribution in [0.1, 0.15) is 23.1 Å². The van der Waals surface area contributed by atoms with Crippen LogP contribution in [0.25, 0.3) is 11.0 Å². The Bertz CT molecular complexity index is 900. The molecule has 3 aromatic rings. The average molecular weight is 324 g/mol. The molecule has 0 fully saturated rings. The molecule has 0 aliphatic heterocycles. The number of carbonyl (C=O) groups is 1. The molecule has 24 heavy (non-hydrogen) atoms. The first-order chi connectivity index (χ1) is 11.6. The summed E-state index contributed by atoms with van der Waals surface area (Å²) >= 11 is 0. The first-order valence-electron chi connectivity index (χ1n) is 7.57. The third-order valence-electron chi connectivity index (χ3n) is 3.80. The summed E-state index contributed by atoms with van der Waals surface area (Å²) in [7, 11) is 0. The van der Waals surface area contributed by atoms with Gasteiger partial charge in [-0.2, -0.15) is 0 Å². The number of hydrogen-bond acceptors (Lipinski definition) is 4. The highest BCUT2D eigenvalue weighted by atomic mass is 16.6. The van der Waals surface area contributed by atoms with E-state index in [4.69, 9.17) is 0 Å². The zero-order chi connectivity index (χ0) is 17.1. The summed E-state index contributed by atoms with van der Waals surface area (Å²) in [5, 5.41) is 13.5. The van der Waals surface area contributed by atoms with Crippen LogP contribution in [0, 0.1) is 10.1 Å². The van der Waals surface area contributed by atoms with Crippen molar-refractivity contribution in [3.05, 3.63) is 70.0 Å². The van der Waals surface area contributed by atoms with Crippen molar-refractivity contribution in [2.45, 2.75) is 20.0 Å². The number of carbonyl (C=O) groups excluding carboxylic acids is 1. The minimum Gasteiger partial charge on any atom is -0.345 e. The van der Waals surface area contributed by atoms with E-state index in [1.807, 2.05) is 35.8 Å². The minimum absolute atomic E-state index is 0.0423. The Kier molecular flexibility index (Phi) is 4.24. The Morgan fingerprint density at radius 3 is 2.58 bits per heavy atom. The lowest BCUT2D eigenvalue weighted by molar-refractivity contribution is -0.384. The lowest BCUT2D eigenvalue weighted by Crippen LogP contribution is -2.24.